The summed E-state index contributed by atoms with van der Waals surface area (Å²) in [7, 11) is 1.35. The topological polar surface area (TPSA) is 48.3 Å². The summed E-state index contributed by atoms with van der Waals surface area (Å²) in [5, 5.41) is 1.98. The molecule has 0 radical (unpaired) electrons. The molecule has 1 aliphatic rings. The summed E-state index contributed by atoms with van der Waals surface area (Å²) in [4.78, 5) is 26.1. The Morgan fingerprint density at radius 3 is 2.48 bits per heavy atom. The SMILES string of the molecule is COC(=O)c1cccc2c1c1c(n2Cc2ccccc2Cl)CC(c2ccc(Cl)cc2)CC1=O. The standard InChI is InChI=1S/C27H21Cl2NO3/c1-33-27(32)20-6-4-8-22-25(20)26-23(30(22)15-17-5-2-3-7-21(17)29)13-18(14-24(26)31)16-9-11-19(28)12-10-16/h2-12,18H,13-15H2,1H3. The van der Waals surface area contributed by atoms with E-state index in [0.29, 0.717) is 45.9 Å². The van der Waals surface area contributed by atoms with Crippen molar-refractivity contribution in [3.05, 3.63) is 105 Å². The first-order chi connectivity index (χ1) is 16.0. The van der Waals surface area contributed by atoms with Gasteiger partial charge in [-0.3, -0.25) is 4.79 Å². The van der Waals surface area contributed by atoms with E-state index in [9.17, 15) is 9.59 Å². The van der Waals surface area contributed by atoms with Gasteiger partial charge in [-0.25, -0.2) is 4.79 Å². The smallest absolute Gasteiger partial charge is 0.338 e. The zero-order valence-electron chi connectivity index (χ0n) is 18.0. The van der Waals surface area contributed by atoms with Crippen molar-refractivity contribution in [1.29, 1.82) is 0 Å². The molecule has 33 heavy (non-hydrogen) atoms. The Hall–Kier alpha value is -3.08. The zero-order chi connectivity index (χ0) is 23.1. The second-order valence-corrected chi connectivity index (χ2v) is 9.11. The van der Waals surface area contributed by atoms with Crippen LogP contribution in [0.2, 0.25) is 10.0 Å². The van der Waals surface area contributed by atoms with E-state index in [1.807, 2.05) is 60.7 Å². The number of halogens is 2. The number of methoxy groups -OCH3 is 1. The van der Waals surface area contributed by atoms with E-state index < -0.39 is 5.97 Å². The predicted octanol–water partition coefficient (Wildman–Crippen LogP) is 6.70. The maximum atomic E-state index is 13.5. The first-order valence-corrected chi connectivity index (χ1v) is 11.5. The third-order valence-electron chi connectivity index (χ3n) is 6.38. The molecule has 6 heteroatoms. The lowest BCUT2D eigenvalue weighted by Crippen LogP contribution is -2.21. The summed E-state index contributed by atoms with van der Waals surface area (Å²) in [5.41, 5.74) is 4.78. The molecule has 1 aromatic heterocycles. The summed E-state index contributed by atoms with van der Waals surface area (Å²) in [6.45, 7) is 0.497. The second kappa shape index (κ2) is 8.69. The van der Waals surface area contributed by atoms with Crippen molar-refractivity contribution in [2.75, 3.05) is 7.11 Å². The van der Waals surface area contributed by atoms with Crippen molar-refractivity contribution >= 4 is 45.9 Å². The summed E-state index contributed by atoms with van der Waals surface area (Å²) in [6, 6.07) is 20.8. The van der Waals surface area contributed by atoms with Crippen LogP contribution in [0.3, 0.4) is 0 Å². The number of fused-ring (bicyclic) bond motifs is 3. The third-order valence-corrected chi connectivity index (χ3v) is 7.00. The predicted molar refractivity (Wildman–Crippen MR) is 131 cm³/mol. The van der Waals surface area contributed by atoms with E-state index in [-0.39, 0.29) is 11.7 Å². The van der Waals surface area contributed by atoms with Crippen LogP contribution in [0.15, 0.2) is 66.7 Å². The number of benzene rings is 3. The van der Waals surface area contributed by atoms with Crippen molar-refractivity contribution in [3.8, 4) is 0 Å². The van der Waals surface area contributed by atoms with E-state index in [0.717, 1.165) is 22.3 Å². The maximum Gasteiger partial charge on any atom is 0.338 e. The van der Waals surface area contributed by atoms with Gasteiger partial charge in [0, 0.05) is 39.7 Å². The Kier molecular flexibility index (Phi) is 5.73. The zero-order valence-corrected chi connectivity index (χ0v) is 19.5. The monoisotopic (exact) mass is 477 g/mol. The number of aromatic nitrogens is 1. The number of esters is 1. The molecule has 3 aromatic carbocycles. The Bertz CT molecular complexity index is 1390. The van der Waals surface area contributed by atoms with E-state index in [1.54, 1.807) is 6.07 Å². The number of ether oxygens (including phenoxy) is 1. The fourth-order valence-electron chi connectivity index (χ4n) is 4.82. The van der Waals surface area contributed by atoms with E-state index in [1.165, 1.54) is 7.11 Å². The number of Topliss-reactive ketones (excluding diaryl/α,β-unsaturated/α-hetero) is 1. The minimum absolute atomic E-state index is 0.0236. The molecule has 4 nitrogen and oxygen atoms in total. The molecule has 0 aliphatic heterocycles. The first kappa shape index (κ1) is 21.7. The van der Waals surface area contributed by atoms with Gasteiger partial charge in [0.1, 0.15) is 0 Å². The molecule has 1 unspecified atom stereocenters. The molecule has 0 amide bonds. The number of carbonyl (C=O) groups excluding carboxylic acids is 2. The molecule has 4 aromatic rings. The molecule has 0 saturated carbocycles. The van der Waals surface area contributed by atoms with Crippen LogP contribution in [0.5, 0.6) is 0 Å². The van der Waals surface area contributed by atoms with Gasteiger partial charge in [-0.1, -0.05) is 59.6 Å². The summed E-state index contributed by atoms with van der Waals surface area (Å²) >= 11 is 12.6. The van der Waals surface area contributed by atoms with Crippen molar-refractivity contribution < 1.29 is 14.3 Å². The highest BCUT2D eigenvalue weighted by atomic mass is 35.5. The Balaban J connectivity index is 1.72. The molecule has 0 saturated heterocycles. The summed E-state index contributed by atoms with van der Waals surface area (Å²) in [6.07, 6.45) is 1.04. The van der Waals surface area contributed by atoms with Gasteiger partial charge >= 0.3 is 5.97 Å². The molecular weight excluding hydrogens is 457 g/mol. The molecule has 1 heterocycles. The van der Waals surface area contributed by atoms with Crippen LogP contribution in [-0.4, -0.2) is 23.4 Å². The molecule has 0 fully saturated rings. The quantitative estimate of drug-likeness (QED) is 0.307. The fraction of sp³-hybridized carbons (Fsp3) is 0.185. The van der Waals surface area contributed by atoms with E-state index >= 15 is 0 Å². The summed E-state index contributed by atoms with van der Waals surface area (Å²) < 4.78 is 7.15. The van der Waals surface area contributed by atoms with Crippen LogP contribution < -0.4 is 0 Å². The van der Waals surface area contributed by atoms with Gasteiger partial charge < -0.3 is 9.30 Å². The number of hydrogen-bond donors (Lipinski definition) is 0. The Morgan fingerprint density at radius 1 is 1.00 bits per heavy atom. The average molecular weight is 478 g/mol. The van der Waals surface area contributed by atoms with Crippen molar-refractivity contribution in [1.82, 2.24) is 4.57 Å². The number of rotatable bonds is 4. The van der Waals surface area contributed by atoms with Gasteiger partial charge in [0.05, 0.1) is 18.2 Å². The highest BCUT2D eigenvalue weighted by Gasteiger charge is 2.34. The Morgan fingerprint density at radius 2 is 1.76 bits per heavy atom. The minimum Gasteiger partial charge on any atom is -0.465 e. The lowest BCUT2D eigenvalue weighted by molar-refractivity contribution is 0.0603. The van der Waals surface area contributed by atoms with Gasteiger partial charge in [-0.15, -0.1) is 0 Å². The lowest BCUT2D eigenvalue weighted by Gasteiger charge is -2.24. The van der Waals surface area contributed by atoms with Crippen LogP contribution in [0, 0.1) is 0 Å². The first-order valence-electron chi connectivity index (χ1n) is 10.7. The van der Waals surface area contributed by atoms with Gasteiger partial charge in [0.15, 0.2) is 5.78 Å². The van der Waals surface area contributed by atoms with Crippen molar-refractivity contribution in [2.45, 2.75) is 25.3 Å². The molecule has 0 spiro atoms. The van der Waals surface area contributed by atoms with E-state index in [2.05, 4.69) is 4.57 Å². The highest BCUT2D eigenvalue weighted by molar-refractivity contribution is 6.31. The van der Waals surface area contributed by atoms with Gasteiger partial charge in [-0.05, 0) is 53.8 Å². The van der Waals surface area contributed by atoms with Crippen LogP contribution in [0.25, 0.3) is 10.9 Å². The third kappa shape index (κ3) is 3.84. The van der Waals surface area contributed by atoms with Crippen LogP contribution in [0.4, 0.5) is 0 Å². The molecule has 5 rings (SSSR count). The molecular formula is C27H21Cl2NO3. The molecule has 1 aliphatic carbocycles. The number of carbonyl (C=O) groups is 2. The number of nitrogens with zero attached hydrogens (tertiary/aromatic N) is 1. The summed E-state index contributed by atoms with van der Waals surface area (Å²) in [5.74, 6) is -0.403. The second-order valence-electron chi connectivity index (χ2n) is 8.27. The molecule has 0 bridgehead atoms. The molecule has 166 valence electrons. The van der Waals surface area contributed by atoms with Crippen LogP contribution in [-0.2, 0) is 17.7 Å². The number of hydrogen-bond acceptors (Lipinski definition) is 3. The van der Waals surface area contributed by atoms with Crippen molar-refractivity contribution in [2.24, 2.45) is 0 Å². The van der Waals surface area contributed by atoms with Crippen LogP contribution in [0.1, 0.15) is 49.9 Å². The van der Waals surface area contributed by atoms with Crippen LogP contribution >= 0.6 is 23.2 Å². The van der Waals surface area contributed by atoms with Crippen molar-refractivity contribution in [3.63, 3.8) is 0 Å². The molecule has 0 N–H and O–H groups in total. The van der Waals surface area contributed by atoms with Gasteiger partial charge in [0.2, 0.25) is 0 Å². The number of ketones is 1. The Labute approximate surface area is 201 Å². The average Bonchev–Trinajstić information content (AvgIpc) is 3.14. The largest absolute Gasteiger partial charge is 0.465 e. The van der Waals surface area contributed by atoms with Gasteiger partial charge in [-0.2, -0.15) is 0 Å². The lowest BCUT2D eigenvalue weighted by atomic mass is 9.81. The maximum absolute atomic E-state index is 13.5. The van der Waals surface area contributed by atoms with E-state index in [4.69, 9.17) is 27.9 Å². The highest BCUT2D eigenvalue weighted by Crippen LogP contribution is 2.40. The van der Waals surface area contributed by atoms with Gasteiger partial charge in [0.25, 0.3) is 0 Å². The normalized spacial score (nSPS) is 15.5. The minimum atomic E-state index is -0.453. The fourth-order valence-corrected chi connectivity index (χ4v) is 5.15. The molecule has 1 atom stereocenters.